The zero-order valence-electron chi connectivity index (χ0n) is 9.61. The summed E-state index contributed by atoms with van der Waals surface area (Å²) in [7, 11) is 0. The van der Waals surface area contributed by atoms with Crippen molar-refractivity contribution in [1.29, 1.82) is 0 Å². The highest BCUT2D eigenvalue weighted by Gasteiger charge is 2.65. The molecule has 2 bridgehead atoms. The minimum absolute atomic E-state index is 0.227. The van der Waals surface area contributed by atoms with Crippen molar-refractivity contribution in [1.82, 2.24) is 10.6 Å². The van der Waals surface area contributed by atoms with Gasteiger partial charge in [-0.1, -0.05) is 0 Å². The van der Waals surface area contributed by atoms with E-state index in [1.807, 2.05) is 0 Å². The fourth-order valence-electron chi connectivity index (χ4n) is 4.28. The third kappa shape index (κ3) is 1.41. The Kier molecular flexibility index (Phi) is 1.90. The molecule has 88 valence electrons. The Balaban J connectivity index is 1.28. The van der Waals surface area contributed by atoms with Gasteiger partial charge in [-0.25, -0.2) is 0 Å². The average molecular weight is 220 g/mol. The number of hydrogen-bond acceptors (Lipinski definition) is 2. The molecular formula is C13H20N2O. The lowest BCUT2D eigenvalue weighted by Gasteiger charge is -2.10. The van der Waals surface area contributed by atoms with Crippen LogP contribution in [-0.4, -0.2) is 24.5 Å². The van der Waals surface area contributed by atoms with E-state index in [9.17, 15) is 4.79 Å². The van der Waals surface area contributed by atoms with Gasteiger partial charge in [0.05, 0.1) is 6.54 Å². The number of nitrogens with one attached hydrogen (secondary N) is 2. The van der Waals surface area contributed by atoms with E-state index in [1.165, 1.54) is 32.1 Å². The van der Waals surface area contributed by atoms with Crippen LogP contribution < -0.4 is 10.6 Å². The summed E-state index contributed by atoms with van der Waals surface area (Å²) in [6.07, 6.45) is 6.83. The Bertz CT molecular complexity index is 310. The fourth-order valence-corrected chi connectivity index (χ4v) is 4.28. The summed E-state index contributed by atoms with van der Waals surface area (Å²) in [5.74, 6) is 3.87. The maximum atomic E-state index is 11.7. The van der Waals surface area contributed by atoms with Gasteiger partial charge in [-0.2, -0.15) is 0 Å². The number of amides is 1. The van der Waals surface area contributed by atoms with Crippen LogP contribution >= 0.6 is 0 Å². The normalized spacial score (nSPS) is 47.9. The van der Waals surface area contributed by atoms with E-state index < -0.39 is 0 Å². The van der Waals surface area contributed by atoms with Gasteiger partial charge in [0, 0.05) is 12.1 Å². The molecule has 0 radical (unpaired) electrons. The second-order valence-electron chi connectivity index (χ2n) is 6.24. The molecule has 3 nitrogen and oxygen atoms in total. The van der Waals surface area contributed by atoms with Crippen LogP contribution in [0.3, 0.4) is 0 Å². The predicted octanol–water partition coefficient (Wildman–Crippen LogP) is 0.899. The monoisotopic (exact) mass is 220 g/mol. The van der Waals surface area contributed by atoms with E-state index in [4.69, 9.17) is 0 Å². The minimum atomic E-state index is 0.227. The molecule has 16 heavy (non-hydrogen) atoms. The van der Waals surface area contributed by atoms with Crippen molar-refractivity contribution in [2.75, 3.05) is 6.54 Å². The van der Waals surface area contributed by atoms with Gasteiger partial charge in [0.1, 0.15) is 0 Å². The predicted molar refractivity (Wildman–Crippen MR) is 60.8 cm³/mol. The fraction of sp³-hybridized carbons (Fsp3) is 0.923. The maximum absolute atomic E-state index is 11.7. The van der Waals surface area contributed by atoms with Gasteiger partial charge in [0.2, 0.25) is 5.91 Å². The summed E-state index contributed by atoms with van der Waals surface area (Å²) in [4.78, 5) is 11.7. The summed E-state index contributed by atoms with van der Waals surface area (Å²) < 4.78 is 0. The third-order valence-corrected chi connectivity index (χ3v) is 5.19. The van der Waals surface area contributed by atoms with Crippen molar-refractivity contribution in [3.8, 4) is 0 Å². The molecule has 4 rings (SSSR count). The number of carbonyl (C=O) groups is 1. The molecule has 0 aliphatic heterocycles. The van der Waals surface area contributed by atoms with Crippen molar-refractivity contribution < 1.29 is 4.79 Å². The van der Waals surface area contributed by atoms with Gasteiger partial charge in [-0.3, -0.25) is 4.79 Å². The molecule has 3 heteroatoms. The summed E-state index contributed by atoms with van der Waals surface area (Å²) >= 11 is 0. The van der Waals surface area contributed by atoms with Crippen LogP contribution in [0.15, 0.2) is 0 Å². The topological polar surface area (TPSA) is 41.1 Å². The average Bonchev–Trinajstić information content (AvgIpc) is 3.16. The van der Waals surface area contributed by atoms with E-state index in [0.717, 1.165) is 23.7 Å². The number of hydrogen-bond donors (Lipinski definition) is 2. The molecule has 0 aromatic rings. The number of carbonyl (C=O) groups excluding carboxylic acids is 1. The van der Waals surface area contributed by atoms with E-state index in [2.05, 4.69) is 10.6 Å². The Morgan fingerprint density at radius 2 is 1.75 bits per heavy atom. The van der Waals surface area contributed by atoms with E-state index in [1.54, 1.807) is 0 Å². The van der Waals surface area contributed by atoms with E-state index >= 15 is 0 Å². The molecular weight excluding hydrogens is 200 g/mol. The summed E-state index contributed by atoms with van der Waals surface area (Å²) in [5, 5.41) is 6.52. The molecule has 4 atom stereocenters. The largest absolute Gasteiger partial charge is 0.352 e. The molecule has 0 saturated heterocycles. The molecule has 2 N–H and O–H groups in total. The third-order valence-electron chi connectivity index (χ3n) is 5.19. The van der Waals surface area contributed by atoms with Gasteiger partial charge >= 0.3 is 0 Å². The molecule has 0 heterocycles. The number of rotatable bonds is 4. The van der Waals surface area contributed by atoms with E-state index in [0.29, 0.717) is 18.6 Å². The second kappa shape index (κ2) is 3.22. The van der Waals surface area contributed by atoms with Crippen molar-refractivity contribution in [3.63, 3.8) is 0 Å². The van der Waals surface area contributed by atoms with Gasteiger partial charge < -0.3 is 10.6 Å². The molecule has 0 aromatic heterocycles. The lowest BCUT2D eigenvalue weighted by molar-refractivity contribution is -0.120. The van der Waals surface area contributed by atoms with Crippen LogP contribution in [-0.2, 0) is 4.79 Å². The molecule has 4 unspecified atom stereocenters. The second-order valence-corrected chi connectivity index (χ2v) is 6.24. The molecule has 4 aliphatic rings. The SMILES string of the molecule is O=C(CNC1CC1)NC1C2C3CCC(C3)C12. The lowest BCUT2D eigenvalue weighted by Crippen LogP contribution is -2.37. The summed E-state index contributed by atoms with van der Waals surface area (Å²) in [6, 6.07) is 1.19. The molecule has 0 spiro atoms. The molecule has 4 saturated carbocycles. The van der Waals surface area contributed by atoms with Crippen molar-refractivity contribution >= 4 is 5.91 Å². The van der Waals surface area contributed by atoms with Gasteiger partial charge in [-0.15, -0.1) is 0 Å². The quantitative estimate of drug-likeness (QED) is 0.739. The van der Waals surface area contributed by atoms with Crippen LogP contribution in [0, 0.1) is 23.7 Å². The van der Waals surface area contributed by atoms with Crippen LogP contribution in [0.25, 0.3) is 0 Å². The van der Waals surface area contributed by atoms with Crippen molar-refractivity contribution in [3.05, 3.63) is 0 Å². The first-order valence-corrected chi connectivity index (χ1v) is 6.85. The first-order chi connectivity index (χ1) is 7.83. The van der Waals surface area contributed by atoms with Gasteiger partial charge in [0.25, 0.3) is 0 Å². The first-order valence-electron chi connectivity index (χ1n) is 6.85. The highest BCUT2D eigenvalue weighted by molar-refractivity contribution is 5.79. The highest BCUT2D eigenvalue weighted by Crippen LogP contribution is 2.65. The van der Waals surface area contributed by atoms with E-state index in [-0.39, 0.29) is 5.91 Å². The maximum Gasteiger partial charge on any atom is 0.234 e. The van der Waals surface area contributed by atoms with Gasteiger partial charge in [0.15, 0.2) is 0 Å². The van der Waals surface area contributed by atoms with Crippen LogP contribution in [0.5, 0.6) is 0 Å². The van der Waals surface area contributed by atoms with Crippen LogP contribution in [0.1, 0.15) is 32.1 Å². The van der Waals surface area contributed by atoms with Crippen molar-refractivity contribution in [2.24, 2.45) is 23.7 Å². The standard InChI is InChI=1S/C13H20N2O/c16-10(6-14-9-3-4-9)15-13-11-7-1-2-8(5-7)12(11)13/h7-9,11-14H,1-6H2,(H,15,16). The molecule has 1 amide bonds. The van der Waals surface area contributed by atoms with Gasteiger partial charge in [-0.05, 0) is 55.8 Å². The zero-order chi connectivity index (χ0) is 10.7. The summed E-state index contributed by atoms with van der Waals surface area (Å²) in [6.45, 7) is 0.538. The van der Waals surface area contributed by atoms with Crippen LogP contribution in [0.4, 0.5) is 0 Å². The smallest absolute Gasteiger partial charge is 0.234 e. The highest BCUT2D eigenvalue weighted by atomic mass is 16.2. The molecule has 0 aromatic carbocycles. The number of fused-ring (bicyclic) bond motifs is 5. The Morgan fingerprint density at radius 1 is 1.06 bits per heavy atom. The van der Waals surface area contributed by atoms with Crippen molar-refractivity contribution in [2.45, 2.75) is 44.2 Å². The first kappa shape index (κ1) is 9.46. The molecule has 4 aliphatic carbocycles. The Morgan fingerprint density at radius 3 is 2.38 bits per heavy atom. The minimum Gasteiger partial charge on any atom is -0.352 e. The van der Waals surface area contributed by atoms with Crippen LogP contribution in [0.2, 0.25) is 0 Å². The Hall–Kier alpha value is -0.570. The lowest BCUT2D eigenvalue weighted by atomic mass is 10.0. The molecule has 4 fully saturated rings. The Labute approximate surface area is 96.4 Å². The summed E-state index contributed by atoms with van der Waals surface area (Å²) in [5.41, 5.74) is 0. The zero-order valence-corrected chi connectivity index (χ0v) is 9.61.